The van der Waals surface area contributed by atoms with Crippen molar-refractivity contribution in [2.75, 3.05) is 7.11 Å². The van der Waals surface area contributed by atoms with E-state index in [-0.39, 0.29) is 0 Å². The molecule has 0 aliphatic carbocycles. The Labute approximate surface area is 122 Å². The van der Waals surface area contributed by atoms with Gasteiger partial charge >= 0.3 is 0 Å². The number of fused-ring (bicyclic) bond motifs is 1. The van der Waals surface area contributed by atoms with Gasteiger partial charge in [-0.25, -0.2) is 19.9 Å². The second kappa shape index (κ2) is 5.41. The molecule has 2 heterocycles. The predicted octanol–water partition coefficient (Wildman–Crippen LogP) is 1.78. The second-order valence-electron chi connectivity index (χ2n) is 4.63. The number of nitrogens with two attached hydrogens (primary N) is 1. The fourth-order valence-corrected chi connectivity index (χ4v) is 2.17. The van der Waals surface area contributed by atoms with Gasteiger partial charge < -0.3 is 10.5 Å². The number of para-hydroxylation sites is 1. The summed E-state index contributed by atoms with van der Waals surface area (Å²) in [5.41, 5.74) is 7.88. The molecule has 3 aromatic rings. The highest BCUT2D eigenvalue weighted by molar-refractivity contribution is 5.81. The lowest BCUT2D eigenvalue weighted by atomic mass is 10.1. The summed E-state index contributed by atoms with van der Waals surface area (Å²) in [6, 6.07) is 7.25. The van der Waals surface area contributed by atoms with Crippen molar-refractivity contribution in [3.63, 3.8) is 0 Å². The van der Waals surface area contributed by atoms with E-state index in [0.717, 1.165) is 16.6 Å². The van der Waals surface area contributed by atoms with Crippen molar-refractivity contribution >= 4 is 10.9 Å². The molecule has 0 bridgehead atoms. The van der Waals surface area contributed by atoms with Gasteiger partial charge in [-0.3, -0.25) is 0 Å². The van der Waals surface area contributed by atoms with E-state index in [1.807, 2.05) is 31.2 Å². The Morgan fingerprint density at radius 2 is 1.81 bits per heavy atom. The van der Waals surface area contributed by atoms with E-state index in [9.17, 15) is 0 Å². The minimum Gasteiger partial charge on any atom is -0.494 e. The van der Waals surface area contributed by atoms with Crippen LogP contribution in [0, 0.1) is 6.92 Å². The van der Waals surface area contributed by atoms with Gasteiger partial charge in [0.05, 0.1) is 30.7 Å². The van der Waals surface area contributed by atoms with Gasteiger partial charge in [0, 0.05) is 5.39 Å². The van der Waals surface area contributed by atoms with E-state index < -0.39 is 6.04 Å². The van der Waals surface area contributed by atoms with E-state index in [1.54, 1.807) is 19.5 Å². The Bertz CT molecular complexity index is 773. The summed E-state index contributed by atoms with van der Waals surface area (Å²) >= 11 is 0. The Kier molecular flexibility index (Phi) is 3.45. The molecule has 1 atom stereocenters. The molecule has 2 aromatic heterocycles. The fraction of sp³-hybridized carbons (Fsp3) is 0.200. The first-order valence-corrected chi connectivity index (χ1v) is 6.54. The molecule has 6 nitrogen and oxygen atoms in total. The van der Waals surface area contributed by atoms with Crippen LogP contribution >= 0.6 is 0 Å². The maximum Gasteiger partial charge on any atom is 0.155 e. The smallest absolute Gasteiger partial charge is 0.155 e. The van der Waals surface area contributed by atoms with Gasteiger partial charge in [0.1, 0.15) is 11.9 Å². The van der Waals surface area contributed by atoms with Crippen molar-refractivity contribution in [3.05, 3.63) is 54.0 Å². The van der Waals surface area contributed by atoms with Gasteiger partial charge in [-0.15, -0.1) is 0 Å². The van der Waals surface area contributed by atoms with Crippen LogP contribution < -0.4 is 10.5 Å². The minimum atomic E-state index is -0.512. The van der Waals surface area contributed by atoms with Crippen LogP contribution in [0.25, 0.3) is 10.9 Å². The number of benzene rings is 1. The molecule has 106 valence electrons. The molecule has 0 saturated carbocycles. The summed E-state index contributed by atoms with van der Waals surface area (Å²) in [6.45, 7) is 1.84. The maximum atomic E-state index is 6.29. The van der Waals surface area contributed by atoms with Crippen molar-refractivity contribution in [1.29, 1.82) is 0 Å². The molecule has 0 saturated heterocycles. The molecule has 6 heteroatoms. The number of hydrogen-bond acceptors (Lipinski definition) is 6. The topological polar surface area (TPSA) is 86.8 Å². The van der Waals surface area contributed by atoms with E-state index in [4.69, 9.17) is 10.5 Å². The third-order valence-electron chi connectivity index (χ3n) is 3.20. The summed E-state index contributed by atoms with van der Waals surface area (Å²) < 4.78 is 5.05. The summed E-state index contributed by atoms with van der Waals surface area (Å²) in [5, 5.41) is 0.912. The van der Waals surface area contributed by atoms with Crippen molar-refractivity contribution in [3.8, 4) is 5.75 Å². The van der Waals surface area contributed by atoms with Crippen LogP contribution in [0.5, 0.6) is 5.75 Å². The van der Waals surface area contributed by atoms with Crippen molar-refractivity contribution in [2.45, 2.75) is 13.0 Å². The Morgan fingerprint density at radius 3 is 2.52 bits per heavy atom. The second-order valence-corrected chi connectivity index (χ2v) is 4.63. The van der Waals surface area contributed by atoms with Gasteiger partial charge in [-0.05, 0) is 13.0 Å². The monoisotopic (exact) mass is 281 g/mol. The molecular formula is C15H15N5O. The molecule has 3 rings (SSSR count). The van der Waals surface area contributed by atoms with Crippen LogP contribution in [0.2, 0.25) is 0 Å². The highest BCUT2D eigenvalue weighted by Gasteiger charge is 2.17. The zero-order chi connectivity index (χ0) is 14.8. The third kappa shape index (κ3) is 2.53. The first kappa shape index (κ1) is 13.4. The molecule has 0 aliphatic rings. The lowest BCUT2D eigenvalue weighted by Gasteiger charge is -2.13. The molecule has 0 aliphatic heterocycles. The molecule has 0 amide bonds. The van der Waals surface area contributed by atoms with Gasteiger partial charge in [-0.2, -0.15) is 0 Å². The summed E-state index contributed by atoms with van der Waals surface area (Å²) in [6.07, 6.45) is 3.19. The molecule has 0 radical (unpaired) electrons. The van der Waals surface area contributed by atoms with E-state index in [0.29, 0.717) is 17.4 Å². The normalized spacial score (nSPS) is 12.3. The van der Waals surface area contributed by atoms with Gasteiger partial charge in [-0.1, -0.05) is 18.2 Å². The summed E-state index contributed by atoms with van der Waals surface area (Å²) in [4.78, 5) is 17.4. The average Bonchev–Trinajstić information content (AvgIpc) is 2.53. The quantitative estimate of drug-likeness (QED) is 0.787. The Hall–Kier alpha value is -2.60. The molecule has 1 aromatic carbocycles. The standard InChI is InChI=1S/C15H15N5O/c1-9-19-12-6-4-3-5-11(12)14(20-9)13(16)15-17-7-10(21-2)8-18-15/h3-8,13H,16H2,1-2H3. The number of nitrogens with zero attached hydrogens (tertiary/aromatic N) is 4. The highest BCUT2D eigenvalue weighted by Crippen LogP contribution is 2.23. The molecular weight excluding hydrogens is 266 g/mol. The van der Waals surface area contributed by atoms with Gasteiger partial charge in [0.15, 0.2) is 11.6 Å². The van der Waals surface area contributed by atoms with E-state index in [1.165, 1.54) is 0 Å². The summed E-state index contributed by atoms with van der Waals surface area (Å²) in [7, 11) is 1.57. The first-order valence-electron chi connectivity index (χ1n) is 6.54. The average molecular weight is 281 g/mol. The lowest BCUT2D eigenvalue weighted by molar-refractivity contribution is 0.409. The number of aryl methyl sites for hydroxylation is 1. The first-order chi connectivity index (χ1) is 10.2. The number of ether oxygens (including phenoxy) is 1. The van der Waals surface area contributed by atoms with Gasteiger partial charge in [0.2, 0.25) is 0 Å². The largest absolute Gasteiger partial charge is 0.494 e. The number of methoxy groups -OCH3 is 1. The van der Waals surface area contributed by atoms with Crippen molar-refractivity contribution in [1.82, 2.24) is 19.9 Å². The van der Waals surface area contributed by atoms with E-state index >= 15 is 0 Å². The molecule has 21 heavy (non-hydrogen) atoms. The molecule has 1 unspecified atom stereocenters. The molecule has 2 N–H and O–H groups in total. The molecule has 0 spiro atoms. The highest BCUT2D eigenvalue weighted by atomic mass is 16.5. The Balaban J connectivity index is 2.09. The van der Waals surface area contributed by atoms with Crippen LogP contribution in [-0.4, -0.2) is 27.0 Å². The van der Waals surface area contributed by atoms with E-state index in [2.05, 4.69) is 19.9 Å². The number of aromatic nitrogens is 4. The SMILES string of the molecule is COc1cnc(C(N)c2nc(C)nc3ccccc23)nc1. The number of hydrogen-bond donors (Lipinski definition) is 1. The van der Waals surface area contributed by atoms with Crippen molar-refractivity contribution in [2.24, 2.45) is 5.73 Å². The zero-order valence-corrected chi connectivity index (χ0v) is 11.8. The number of rotatable bonds is 3. The third-order valence-corrected chi connectivity index (χ3v) is 3.20. The van der Waals surface area contributed by atoms with Crippen LogP contribution in [0.4, 0.5) is 0 Å². The summed E-state index contributed by atoms with van der Waals surface area (Å²) in [5.74, 6) is 1.77. The lowest BCUT2D eigenvalue weighted by Crippen LogP contribution is -2.18. The van der Waals surface area contributed by atoms with Gasteiger partial charge in [0.25, 0.3) is 0 Å². The van der Waals surface area contributed by atoms with Crippen LogP contribution in [-0.2, 0) is 0 Å². The fourth-order valence-electron chi connectivity index (χ4n) is 2.17. The molecule has 0 fully saturated rings. The predicted molar refractivity (Wildman–Crippen MR) is 78.9 cm³/mol. The maximum absolute atomic E-state index is 6.29. The van der Waals surface area contributed by atoms with Crippen LogP contribution in [0.15, 0.2) is 36.7 Å². The minimum absolute atomic E-state index is 0.499. The van der Waals surface area contributed by atoms with Crippen LogP contribution in [0.3, 0.4) is 0 Å². The Morgan fingerprint density at radius 1 is 1.10 bits per heavy atom. The zero-order valence-electron chi connectivity index (χ0n) is 11.8. The van der Waals surface area contributed by atoms with Crippen molar-refractivity contribution < 1.29 is 4.74 Å². The van der Waals surface area contributed by atoms with Crippen LogP contribution in [0.1, 0.15) is 23.4 Å².